The summed E-state index contributed by atoms with van der Waals surface area (Å²) < 4.78 is 4.50. The number of esters is 1. The fourth-order valence-electron chi connectivity index (χ4n) is 1.40. The molecule has 1 aromatic rings. The van der Waals surface area contributed by atoms with Crippen LogP contribution in [0.4, 0.5) is 0 Å². The van der Waals surface area contributed by atoms with Crippen molar-refractivity contribution in [1.29, 1.82) is 0 Å². The van der Waals surface area contributed by atoms with Crippen LogP contribution in [0, 0.1) is 0 Å². The third-order valence-corrected chi connectivity index (χ3v) is 2.44. The first kappa shape index (κ1) is 17.2. The van der Waals surface area contributed by atoms with Crippen LogP contribution >= 0.6 is 0 Å². The maximum absolute atomic E-state index is 10.8. The van der Waals surface area contributed by atoms with Crippen molar-refractivity contribution in [1.82, 2.24) is 0 Å². The summed E-state index contributed by atoms with van der Waals surface area (Å²) in [5, 5.41) is 8.21. The van der Waals surface area contributed by atoms with Crippen molar-refractivity contribution in [2.45, 2.75) is 39.0 Å². The molecule has 4 heteroatoms. The van der Waals surface area contributed by atoms with E-state index in [1.165, 1.54) is 13.5 Å². The van der Waals surface area contributed by atoms with Gasteiger partial charge in [0.25, 0.3) is 0 Å². The molecule has 0 aliphatic rings. The Morgan fingerprint density at radius 1 is 1.11 bits per heavy atom. The highest BCUT2D eigenvalue weighted by Crippen LogP contribution is 2.01. The van der Waals surface area contributed by atoms with Crippen LogP contribution in [0.25, 0.3) is 0 Å². The van der Waals surface area contributed by atoms with Gasteiger partial charge >= 0.3 is 11.9 Å². The van der Waals surface area contributed by atoms with Crippen LogP contribution in [0.15, 0.2) is 30.3 Å². The number of carbonyl (C=O) groups excluding carboxylic acids is 1. The molecule has 106 valence electrons. The number of benzene rings is 1. The molecular formula is C15H22O4. The van der Waals surface area contributed by atoms with E-state index in [0.29, 0.717) is 12.0 Å². The number of ether oxygens (including phenoxy) is 1. The number of hydrogen-bond acceptors (Lipinski definition) is 3. The van der Waals surface area contributed by atoms with Crippen LogP contribution in [0.3, 0.4) is 0 Å². The lowest BCUT2D eigenvalue weighted by Gasteiger charge is -1.95. The number of hydrogen-bond donors (Lipinski definition) is 1. The molecule has 19 heavy (non-hydrogen) atoms. The topological polar surface area (TPSA) is 63.6 Å². The van der Waals surface area contributed by atoms with Gasteiger partial charge in [0.1, 0.15) is 0 Å². The summed E-state index contributed by atoms with van der Waals surface area (Å²) in [6, 6.07) is 8.88. The van der Waals surface area contributed by atoms with E-state index in [1.807, 2.05) is 6.07 Å². The van der Waals surface area contributed by atoms with E-state index in [1.54, 1.807) is 24.3 Å². The molecule has 0 atom stereocenters. The number of carboxylic acid groups (broad SMARTS) is 1. The molecule has 0 saturated heterocycles. The van der Waals surface area contributed by atoms with Crippen molar-refractivity contribution in [2.24, 2.45) is 0 Å². The SMILES string of the molecule is CCCCCCC(=O)O.COC(=O)c1ccccc1. The second-order valence-corrected chi connectivity index (χ2v) is 4.06. The molecule has 1 rings (SSSR count). The second-order valence-electron chi connectivity index (χ2n) is 4.06. The van der Waals surface area contributed by atoms with Crippen LogP contribution in [-0.2, 0) is 9.53 Å². The highest BCUT2D eigenvalue weighted by molar-refractivity contribution is 5.89. The van der Waals surface area contributed by atoms with Crippen LogP contribution < -0.4 is 0 Å². The van der Waals surface area contributed by atoms with Crippen LogP contribution in [0.2, 0.25) is 0 Å². The average molecular weight is 266 g/mol. The van der Waals surface area contributed by atoms with E-state index in [0.717, 1.165) is 19.3 Å². The van der Waals surface area contributed by atoms with Gasteiger partial charge in [0.15, 0.2) is 0 Å². The molecule has 0 spiro atoms. The Bertz CT molecular complexity index is 360. The van der Waals surface area contributed by atoms with Gasteiger partial charge in [0.2, 0.25) is 0 Å². The fraction of sp³-hybridized carbons (Fsp3) is 0.467. The number of carbonyl (C=O) groups is 2. The number of carboxylic acids is 1. The van der Waals surface area contributed by atoms with E-state index in [-0.39, 0.29) is 5.97 Å². The Balaban J connectivity index is 0.000000344. The molecule has 0 aliphatic carbocycles. The monoisotopic (exact) mass is 266 g/mol. The van der Waals surface area contributed by atoms with Gasteiger partial charge in [0.05, 0.1) is 12.7 Å². The van der Waals surface area contributed by atoms with Crippen molar-refractivity contribution in [2.75, 3.05) is 7.11 Å². The number of unbranched alkanes of at least 4 members (excludes halogenated alkanes) is 3. The molecule has 0 bridgehead atoms. The predicted octanol–water partition coefficient (Wildman–Crippen LogP) is 3.51. The van der Waals surface area contributed by atoms with Gasteiger partial charge in [-0.15, -0.1) is 0 Å². The fourth-order valence-corrected chi connectivity index (χ4v) is 1.40. The predicted molar refractivity (Wildman–Crippen MR) is 74.2 cm³/mol. The number of methoxy groups -OCH3 is 1. The Labute approximate surface area is 114 Å². The molecule has 0 saturated carbocycles. The molecule has 0 fully saturated rings. The maximum atomic E-state index is 10.8. The molecule has 0 unspecified atom stereocenters. The van der Waals surface area contributed by atoms with E-state index >= 15 is 0 Å². The molecule has 4 nitrogen and oxygen atoms in total. The Hall–Kier alpha value is -1.84. The van der Waals surface area contributed by atoms with E-state index in [4.69, 9.17) is 5.11 Å². The number of rotatable bonds is 6. The molecule has 0 heterocycles. The summed E-state index contributed by atoms with van der Waals surface area (Å²) in [6.07, 6.45) is 4.55. The first-order valence-corrected chi connectivity index (χ1v) is 6.47. The van der Waals surface area contributed by atoms with Crippen LogP contribution in [0.1, 0.15) is 49.4 Å². The Morgan fingerprint density at radius 2 is 1.74 bits per heavy atom. The summed E-state index contributed by atoms with van der Waals surface area (Å²) in [5.41, 5.74) is 0.588. The molecule has 1 aromatic carbocycles. The van der Waals surface area contributed by atoms with Crippen LogP contribution in [-0.4, -0.2) is 24.2 Å². The minimum Gasteiger partial charge on any atom is -0.481 e. The molecular weight excluding hydrogens is 244 g/mol. The largest absolute Gasteiger partial charge is 0.481 e. The van der Waals surface area contributed by atoms with Crippen molar-refractivity contribution in [3.8, 4) is 0 Å². The second kappa shape index (κ2) is 11.3. The molecule has 1 N–H and O–H groups in total. The summed E-state index contributed by atoms with van der Waals surface area (Å²) in [5.74, 6) is -0.966. The summed E-state index contributed by atoms with van der Waals surface area (Å²) in [6.45, 7) is 2.11. The Kier molecular flexibility index (Phi) is 10.2. The van der Waals surface area contributed by atoms with E-state index < -0.39 is 5.97 Å². The van der Waals surface area contributed by atoms with Gasteiger partial charge in [-0.3, -0.25) is 4.79 Å². The average Bonchev–Trinajstić information content (AvgIpc) is 2.44. The minimum atomic E-state index is -0.675. The van der Waals surface area contributed by atoms with Gasteiger partial charge in [-0.25, -0.2) is 4.79 Å². The van der Waals surface area contributed by atoms with Crippen molar-refractivity contribution < 1.29 is 19.4 Å². The first-order chi connectivity index (χ1) is 9.11. The maximum Gasteiger partial charge on any atom is 0.337 e. The Morgan fingerprint density at radius 3 is 2.21 bits per heavy atom. The molecule has 0 radical (unpaired) electrons. The highest BCUT2D eigenvalue weighted by Gasteiger charge is 2.00. The lowest BCUT2D eigenvalue weighted by molar-refractivity contribution is -0.137. The smallest absolute Gasteiger partial charge is 0.337 e. The normalized spacial score (nSPS) is 9.16. The summed E-state index contributed by atoms with van der Waals surface area (Å²) in [4.78, 5) is 20.8. The van der Waals surface area contributed by atoms with Gasteiger partial charge < -0.3 is 9.84 Å². The van der Waals surface area contributed by atoms with Gasteiger partial charge in [-0.05, 0) is 18.6 Å². The quantitative estimate of drug-likeness (QED) is 0.632. The molecule has 0 amide bonds. The summed E-state index contributed by atoms with van der Waals surface area (Å²) in [7, 11) is 1.37. The zero-order chi connectivity index (χ0) is 14.5. The van der Waals surface area contributed by atoms with Gasteiger partial charge in [0, 0.05) is 6.42 Å². The van der Waals surface area contributed by atoms with Crippen LogP contribution in [0.5, 0.6) is 0 Å². The van der Waals surface area contributed by atoms with Gasteiger partial charge in [-0.2, -0.15) is 0 Å². The minimum absolute atomic E-state index is 0.291. The van der Waals surface area contributed by atoms with E-state index in [9.17, 15) is 9.59 Å². The number of aliphatic carboxylic acids is 1. The van der Waals surface area contributed by atoms with Gasteiger partial charge in [-0.1, -0.05) is 44.4 Å². The zero-order valence-corrected chi connectivity index (χ0v) is 11.6. The molecule has 0 aromatic heterocycles. The third kappa shape index (κ3) is 9.83. The van der Waals surface area contributed by atoms with Crippen molar-refractivity contribution in [3.05, 3.63) is 35.9 Å². The van der Waals surface area contributed by atoms with Crippen molar-refractivity contribution >= 4 is 11.9 Å². The zero-order valence-electron chi connectivity index (χ0n) is 11.6. The summed E-state index contributed by atoms with van der Waals surface area (Å²) >= 11 is 0. The van der Waals surface area contributed by atoms with E-state index in [2.05, 4.69) is 11.7 Å². The lowest BCUT2D eigenvalue weighted by atomic mass is 10.2. The lowest BCUT2D eigenvalue weighted by Crippen LogP contribution is -1.99. The van der Waals surface area contributed by atoms with Crippen molar-refractivity contribution in [3.63, 3.8) is 0 Å². The standard InChI is InChI=1S/C8H8O2.C7H14O2/c1-10-8(9)7-5-3-2-4-6-7;1-2-3-4-5-6-7(8)9/h2-6H,1H3;2-6H2,1H3,(H,8,9). The highest BCUT2D eigenvalue weighted by atomic mass is 16.5. The third-order valence-electron chi connectivity index (χ3n) is 2.44. The molecule has 0 aliphatic heterocycles. The first-order valence-electron chi connectivity index (χ1n) is 6.47.